The summed E-state index contributed by atoms with van der Waals surface area (Å²) in [5.74, 6) is 2.26. The van der Waals surface area contributed by atoms with Crippen molar-refractivity contribution in [2.45, 2.75) is 38.4 Å². The summed E-state index contributed by atoms with van der Waals surface area (Å²) >= 11 is 1.63. The first-order valence-electron chi connectivity index (χ1n) is 5.50. The average molecular weight is 243 g/mol. The quantitative estimate of drug-likeness (QED) is 0.814. The van der Waals surface area contributed by atoms with E-state index in [4.69, 9.17) is 0 Å². The summed E-state index contributed by atoms with van der Waals surface area (Å²) < 4.78 is 11.9. The molecule has 0 bridgehead atoms. The van der Waals surface area contributed by atoms with Crippen LogP contribution in [0.5, 0.6) is 0 Å². The zero-order chi connectivity index (χ0) is 10.7. The fourth-order valence-corrected chi connectivity index (χ4v) is 4.65. The summed E-state index contributed by atoms with van der Waals surface area (Å²) in [6, 6.07) is 0. The Morgan fingerprint density at radius 2 is 2.27 bits per heavy atom. The van der Waals surface area contributed by atoms with Gasteiger partial charge in [0.2, 0.25) is 0 Å². The van der Waals surface area contributed by atoms with Gasteiger partial charge in [-0.3, -0.25) is 4.21 Å². The number of thiazole rings is 1. The molecule has 0 unspecified atom stereocenters. The minimum Gasteiger partial charge on any atom is -0.259 e. The largest absolute Gasteiger partial charge is 0.259 e. The van der Waals surface area contributed by atoms with Gasteiger partial charge in [0.15, 0.2) is 0 Å². The lowest BCUT2D eigenvalue weighted by Gasteiger charge is -2.06. The topological polar surface area (TPSA) is 30.0 Å². The van der Waals surface area contributed by atoms with E-state index in [1.54, 1.807) is 11.3 Å². The standard InChI is InChI=1S/C11H17NOS2/c1-9-6-14-11(12-9)8-15(13)7-10-4-2-3-5-10/h6,10H,2-5,7-8H2,1H3/t15-/m0/s1. The van der Waals surface area contributed by atoms with E-state index in [1.807, 2.05) is 12.3 Å². The second-order valence-electron chi connectivity index (χ2n) is 4.28. The lowest BCUT2D eigenvalue weighted by atomic mass is 10.1. The van der Waals surface area contributed by atoms with Crippen molar-refractivity contribution < 1.29 is 4.21 Å². The molecule has 0 aromatic carbocycles. The molecule has 0 spiro atoms. The van der Waals surface area contributed by atoms with Crippen LogP contribution in [0, 0.1) is 12.8 Å². The lowest BCUT2D eigenvalue weighted by Crippen LogP contribution is -2.09. The summed E-state index contributed by atoms with van der Waals surface area (Å²) in [5.41, 5.74) is 1.05. The van der Waals surface area contributed by atoms with Crippen molar-refractivity contribution in [1.29, 1.82) is 0 Å². The highest BCUT2D eigenvalue weighted by atomic mass is 32.2. The van der Waals surface area contributed by atoms with Crippen LogP contribution < -0.4 is 0 Å². The van der Waals surface area contributed by atoms with Gasteiger partial charge in [0.25, 0.3) is 0 Å². The van der Waals surface area contributed by atoms with Crippen molar-refractivity contribution in [2.75, 3.05) is 5.75 Å². The molecule has 0 aliphatic heterocycles. The second kappa shape index (κ2) is 5.21. The molecule has 0 N–H and O–H groups in total. The number of aromatic nitrogens is 1. The molecule has 4 heteroatoms. The third-order valence-corrected chi connectivity index (χ3v) is 5.44. The number of aryl methyl sites for hydroxylation is 1. The number of nitrogens with zero attached hydrogens (tertiary/aromatic N) is 1. The van der Waals surface area contributed by atoms with E-state index in [-0.39, 0.29) is 0 Å². The number of rotatable bonds is 4. The van der Waals surface area contributed by atoms with Crippen molar-refractivity contribution in [3.8, 4) is 0 Å². The van der Waals surface area contributed by atoms with Gasteiger partial charge in [-0.25, -0.2) is 4.98 Å². The summed E-state index contributed by atoms with van der Waals surface area (Å²) in [7, 11) is -0.700. The second-order valence-corrected chi connectivity index (χ2v) is 6.73. The summed E-state index contributed by atoms with van der Waals surface area (Å²) in [6.07, 6.45) is 5.22. The molecule has 2 rings (SSSR count). The van der Waals surface area contributed by atoms with Crippen LogP contribution >= 0.6 is 11.3 Å². The van der Waals surface area contributed by atoms with Crippen LogP contribution in [0.1, 0.15) is 36.4 Å². The Balaban J connectivity index is 1.81. The highest BCUT2D eigenvalue weighted by molar-refractivity contribution is 7.84. The van der Waals surface area contributed by atoms with Crippen LogP contribution in [0.2, 0.25) is 0 Å². The molecule has 2 nitrogen and oxygen atoms in total. The van der Waals surface area contributed by atoms with Gasteiger partial charge < -0.3 is 0 Å². The SMILES string of the molecule is Cc1csc(C[S@@](=O)CC2CCCC2)n1. The van der Waals surface area contributed by atoms with Crippen LogP contribution in [0.25, 0.3) is 0 Å². The van der Waals surface area contributed by atoms with Crippen molar-refractivity contribution in [2.24, 2.45) is 5.92 Å². The van der Waals surface area contributed by atoms with Crippen LogP contribution in [0.4, 0.5) is 0 Å². The van der Waals surface area contributed by atoms with Crippen molar-refractivity contribution in [1.82, 2.24) is 4.98 Å². The molecule has 1 fully saturated rings. The van der Waals surface area contributed by atoms with Gasteiger partial charge >= 0.3 is 0 Å². The Kier molecular flexibility index (Phi) is 3.92. The van der Waals surface area contributed by atoms with E-state index in [0.29, 0.717) is 11.7 Å². The molecule has 1 aromatic rings. The molecule has 0 saturated heterocycles. The smallest absolute Gasteiger partial charge is 0.105 e. The van der Waals surface area contributed by atoms with E-state index in [9.17, 15) is 4.21 Å². The number of hydrogen-bond acceptors (Lipinski definition) is 3. The van der Waals surface area contributed by atoms with Crippen molar-refractivity contribution >= 4 is 22.1 Å². The van der Waals surface area contributed by atoms with Crippen LogP contribution in [-0.2, 0) is 16.6 Å². The third-order valence-electron chi connectivity index (χ3n) is 2.85. The molecular weight excluding hydrogens is 226 g/mol. The van der Waals surface area contributed by atoms with E-state index >= 15 is 0 Å². The van der Waals surface area contributed by atoms with Crippen molar-refractivity contribution in [3.63, 3.8) is 0 Å². The average Bonchev–Trinajstić information content (AvgIpc) is 2.77. The predicted octanol–water partition coefficient (Wildman–Crippen LogP) is 2.89. The Hall–Kier alpha value is -0.220. The van der Waals surface area contributed by atoms with Gasteiger partial charge in [0.05, 0.1) is 5.75 Å². The van der Waals surface area contributed by atoms with E-state index in [2.05, 4.69) is 4.98 Å². The Bertz CT molecular complexity index is 342. The highest BCUT2D eigenvalue weighted by Gasteiger charge is 2.18. The number of hydrogen-bond donors (Lipinski definition) is 0. The molecular formula is C11H17NOS2. The predicted molar refractivity (Wildman–Crippen MR) is 65.5 cm³/mol. The third kappa shape index (κ3) is 3.38. The molecule has 15 heavy (non-hydrogen) atoms. The molecule has 1 saturated carbocycles. The monoisotopic (exact) mass is 243 g/mol. The highest BCUT2D eigenvalue weighted by Crippen LogP contribution is 2.26. The van der Waals surface area contributed by atoms with Crippen LogP contribution in [0.3, 0.4) is 0 Å². The van der Waals surface area contributed by atoms with Crippen LogP contribution in [-0.4, -0.2) is 14.9 Å². The fourth-order valence-electron chi connectivity index (χ4n) is 2.11. The fraction of sp³-hybridized carbons (Fsp3) is 0.727. The zero-order valence-electron chi connectivity index (χ0n) is 9.07. The maximum Gasteiger partial charge on any atom is 0.105 e. The first kappa shape index (κ1) is 11.3. The zero-order valence-corrected chi connectivity index (χ0v) is 10.7. The van der Waals surface area contributed by atoms with Gasteiger partial charge in [-0.15, -0.1) is 11.3 Å². The van der Waals surface area contributed by atoms with Gasteiger partial charge in [-0.1, -0.05) is 12.8 Å². The van der Waals surface area contributed by atoms with E-state index in [0.717, 1.165) is 16.5 Å². The first-order valence-corrected chi connectivity index (χ1v) is 7.87. The Labute approximate surface area is 97.6 Å². The van der Waals surface area contributed by atoms with E-state index in [1.165, 1.54) is 25.7 Å². The maximum atomic E-state index is 11.9. The first-order chi connectivity index (χ1) is 7.24. The van der Waals surface area contributed by atoms with Crippen molar-refractivity contribution in [3.05, 3.63) is 16.1 Å². The van der Waals surface area contributed by atoms with E-state index < -0.39 is 10.8 Å². The molecule has 1 heterocycles. The Morgan fingerprint density at radius 1 is 1.53 bits per heavy atom. The van der Waals surface area contributed by atoms with Gasteiger partial charge in [0.1, 0.15) is 5.01 Å². The molecule has 1 atom stereocenters. The molecule has 1 aromatic heterocycles. The van der Waals surface area contributed by atoms with Gasteiger partial charge in [-0.05, 0) is 25.7 Å². The maximum absolute atomic E-state index is 11.9. The Morgan fingerprint density at radius 3 is 2.87 bits per heavy atom. The molecule has 84 valence electrons. The lowest BCUT2D eigenvalue weighted by molar-refractivity contribution is 0.604. The summed E-state index contributed by atoms with van der Waals surface area (Å²) in [5, 5.41) is 3.06. The minimum atomic E-state index is -0.700. The van der Waals surface area contributed by atoms with Gasteiger partial charge in [0, 0.05) is 27.6 Å². The summed E-state index contributed by atoms with van der Waals surface area (Å²) in [6.45, 7) is 1.99. The molecule has 1 aliphatic carbocycles. The van der Waals surface area contributed by atoms with Crippen LogP contribution in [0.15, 0.2) is 5.38 Å². The normalized spacial score (nSPS) is 19.5. The molecule has 0 radical (unpaired) electrons. The van der Waals surface area contributed by atoms with Gasteiger partial charge in [-0.2, -0.15) is 0 Å². The molecule has 1 aliphatic rings. The molecule has 0 amide bonds. The summed E-state index contributed by atoms with van der Waals surface area (Å²) in [4.78, 5) is 4.35. The minimum absolute atomic E-state index is 0.662.